The van der Waals surface area contributed by atoms with Crippen molar-refractivity contribution in [3.8, 4) is 0 Å². The molecule has 5 rings (SSSR count). The van der Waals surface area contributed by atoms with Gasteiger partial charge >= 0.3 is 5.97 Å². The lowest BCUT2D eigenvalue weighted by atomic mass is 9.89. The third-order valence-electron chi connectivity index (χ3n) is 5.32. The maximum Gasteiger partial charge on any atom is 0.321 e. The molecule has 0 amide bonds. The molecule has 1 aliphatic heterocycles. The van der Waals surface area contributed by atoms with Crippen LogP contribution in [0.25, 0.3) is 21.7 Å². The van der Waals surface area contributed by atoms with E-state index in [1.807, 2.05) is 30.3 Å². The Labute approximate surface area is 150 Å². The van der Waals surface area contributed by atoms with E-state index in [0.717, 1.165) is 33.1 Å². The lowest BCUT2D eigenvalue weighted by Gasteiger charge is -2.29. The number of H-pyrrole nitrogens is 1. The molecule has 0 radical (unpaired) electrons. The fourth-order valence-electron chi connectivity index (χ4n) is 4.04. The van der Waals surface area contributed by atoms with Crippen LogP contribution in [-0.2, 0) is 11.2 Å². The molecule has 3 aromatic carbocycles. The van der Waals surface area contributed by atoms with E-state index >= 15 is 0 Å². The Balaban J connectivity index is 1.71. The first kappa shape index (κ1) is 15.2. The number of para-hydroxylation sites is 1. The fourth-order valence-corrected chi connectivity index (χ4v) is 4.04. The summed E-state index contributed by atoms with van der Waals surface area (Å²) in [6.45, 7) is 0. The van der Waals surface area contributed by atoms with Gasteiger partial charge in [0.15, 0.2) is 0 Å². The van der Waals surface area contributed by atoms with Crippen LogP contribution in [0.5, 0.6) is 0 Å². The van der Waals surface area contributed by atoms with Crippen molar-refractivity contribution in [3.63, 3.8) is 0 Å². The molecular formula is C22H18N2O2. The second kappa shape index (κ2) is 5.71. The molecule has 1 aromatic heterocycles. The molecule has 3 N–H and O–H groups in total. The topological polar surface area (TPSA) is 65.1 Å². The Bertz CT molecular complexity index is 1150. The number of aromatic amines is 1. The monoisotopic (exact) mass is 342 g/mol. The number of hydrogen-bond donors (Lipinski definition) is 3. The molecule has 2 atom stereocenters. The number of aliphatic carboxylic acids is 1. The lowest BCUT2D eigenvalue weighted by Crippen LogP contribution is -2.44. The van der Waals surface area contributed by atoms with E-state index in [2.05, 4.69) is 46.7 Å². The van der Waals surface area contributed by atoms with Crippen LogP contribution < -0.4 is 5.32 Å². The minimum absolute atomic E-state index is 0.170. The maximum atomic E-state index is 11.7. The maximum absolute atomic E-state index is 11.7. The van der Waals surface area contributed by atoms with Crippen molar-refractivity contribution in [1.82, 2.24) is 10.3 Å². The van der Waals surface area contributed by atoms with Crippen molar-refractivity contribution < 1.29 is 9.90 Å². The summed E-state index contributed by atoms with van der Waals surface area (Å²) in [4.78, 5) is 15.3. The molecule has 2 unspecified atom stereocenters. The van der Waals surface area contributed by atoms with Crippen LogP contribution in [0.3, 0.4) is 0 Å². The van der Waals surface area contributed by atoms with Gasteiger partial charge in [0.25, 0.3) is 0 Å². The van der Waals surface area contributed by atoms with Crippen LogP contribution in [0.4, 0.5) is 0 Å². The molecule has 4 nitrogen and oxygen atoms in total. The quantitative estimate of drug-likeness (QED) is 0.516. The predicted octanol–water partition coefficient (Wildman–Crippen LogP) is 4.01. The van der Waals surface area contributed by atoms with E-state index in [4.69, 9.17) is 0 Å². The number of benzene rings is 3. The van der Waals surface area contributed by atoms with Crippen LogP contribution in [0.1, 0.15) is 22.9 Å². The zero-order chi connectivity index (χ0) is 17.7. The van der Waals surface area contributed by atoms with Crippen molar-refractivity contribution in [3.05, 3.63) is 83.6 Å². The van der Waals surface area contributed by atoms with Crippen molar-refractivity contribution >= 4 is 27.6 Å². The molecule has 0 spiro atoms. The first-order chi connectivity index (χ1) is 12.7. The van der Waals surface area contributed by atoms with Crippen molar-refractivity contribution in [2.45, 2.75) is 18.5 Å². The molecule has 0 fully saturated rings. The summed E-state index contributed by atoms with van der Waals surface area (Å²) in [5, 5.41) is 16.4. The molecule has 0 aliphatic carbocycles. The number of carboxylic acids is 1. The average molecular weight is 342 g/mol. The number of nitrogens with one attached hydrogen (secondary N) is 2. The van der Waals surface area contributed by atoms with Gasteiger partial charge in [-0.2, -0.15) is 0 Å². The van der Waals surface area contributed by atoms with Crippen LogP contribution in [-0.4, -0.2) is 22.1 Å². The lowest BCUT2D eigenvalue weighted by molar-refractivity contribution is -0.139. The van der Waals surface area contributed by atoms with Crippen LogP contribution in [0, 0.1) is 0 Å². The second-order valence-electron chi connectivity index (χ2n) is 6.86. The van der Waals surface area contributed by atoms with E-state index in [1.165, 1.54) is 5.39 Å². The van der Waals surface area contributed by atoms with Crippen molar-refractivity contribution in [2.75, 3.05) is 0 Å². The highest BCUT2D eigenvalue weighted by atomic mass is 16.4. The molecule has 4 heteroatoms. The number of hydrogen-bond acceptors (Lipinski definition) is 2. The number of carbonyl (C=O) groups is 1. The van der Waals surface area contributed by atoms with Crippen molar-refractivity contribution in [2.24, 2.45) is 0 Å². The first-order valence-corrected chi connectivity index (χ1v) is 8.78. The molecular weight excluding hydrogens is 324 g/mol. The molecule has 0 saturated heterocycles. The molecule has 2 heterocycles. The summed E-state index contributed by atoms with van der Waals surface area (Å²) >= 11 is 0. The SMILES string of the molecule is O=C(O)C1Cc2c([nH]c3ccccc23)C(c2ccc3ccccc3c2)N1. The zero-order valence-corrected chi connectivity index (χ0v) is 14.1. The second-order valence-corrected chi connectivity index (χ2v) is 6.86. The third-order valence-corrected chi connectivity index (χ3v) is 5.32. The average Bonchev–Trinajstić information content (AvgIpc) is 3.05. The molecule has 0 bridgehead atoms. The fraction of sp³-hybridized carbons (Fsp3) is 0.136. The summed E-state index contributed by atoms with van der Waals surface area (Å²) in [6.07, 6.45) is 0.485. The van der Waals surface area contributed by atoms with Gasteiger partial charge in [-0.25, -0.2) is 0 Å². The largest absolute Gasteiger partial charge is 0.480 e. The first-order valence-electron chi connectivity index (χ1n) is 8.78. The van der Waals surface area contributed by atoms with Gasteiger partial charge in [-0.05, 0) is 34.0 Å². The number of rotatable bonds is 2. The minimum Gasteiger partial charge on any atom is -0.480 e. The van der Waals surface area contributed by atoms with Gasteiger partial charge in [0, 0.05) is 23.0 Å². The van der Waals surface area contributed by atoms with E-state index < -0.39 is 12.0 Å². The molecule has 4 aromatic rings. The Morgan fingerprint density at radius 3 is 2.58 bits per heavy atom. The van der Waals surface area contributed by atoms with Gasteiger partial charge in [0.1, 0.15) is 6.04 Å². The third kappa shape index (κ3) is 2.30. The van der Waals surface area contributed by atoms with E-state index in [-0.39, 0.29) is 6.04 Å². The molecule has 1 aliphatic rings. The minimum atomic E-state index is -0.813. The molecule has 26 heavy (non-hydrogen) atoms. The summed E-state index contributed by atoms with van der Waals surface area (Å²) < 4.78 is 0. The van der Waals surface area contributed by atoms with Crippen LogP contribution in [0.15, 0.2) is 66.7 Å². The van der Waals surface area contributed by atoms with Gasteiger partial charge in [-0.15, -0.1) is 0 Å². The Morgan fingerprint density at radius 1 is 0.962 bits per heavy atom. The van der Waals surface area contributed by atoms with Crippen LogP contribution in [0.2, 0.25) is 0 Å². The normalized spacial score (nSPS) is 19.5. The Kier molecular flexibility index (Phi) is 3.33. The molecule has 128 valence electrons. The number of carboxylic acid groups (broad SMARTS) is 1. The summed E-state index contributed by atoms with van der Waals surface area (Å²) in [7, 11) is 0. The number of aromatic nitrogens is 1. The zero-order valence-electron chi connectivity index (χ0n) is 14.1. The highest BCUT2D eigenvalue weighted by molar-refractivity contribution is 5.88. The highest BCUT2D eigenvalue weighted by Crippen LogP contribution is 2.36. The van der Waals surface area contributed by atoms with E-state index in [0.29, 0.717) is 6.42 Å². The number of fused-ring (bicyclic) bond motifs is 4. The van der Waals surface area contributed by atoms with Gasteiger partial charge in [0.2, 0.25) is 0 Å². The van der Waals surface area contributed by atoms with Gasteiger partial charge in [-0.3, -0.25) is 10.1 Å². The van der Waals surface area contributed by atoms with E-state index in [9.17, 15) is 9.90 Å². The van der Waals surface area contributed by atoms with Gasteiger partial charge in [-0.1, -0.05) is 54.6 Å². The van der Waals surface area contributed by atoms with Gasteiger partial charge < -0.3 is 10.1 Å². The smallest absolute Gasteiger partial charge is 0.321 e. The Hall–Kier alpha value is -3.11. The van der Waals surface area contributed by atoms with Gasteiger partial charge in [0.05, 0.1) is 6.04 Å². The molecule has 0 saturated carbocycles. The predicted molar refractivity (Wildman–Crippen MR) is 102 cm³/mol. The standard InChI is InChI=1S/C22H18N2O2/c25-22(26)19-12-17-16-7-3-4-8-18(16)23-21(17)20(24-19)15-10-9-13-5-1-2-6-14(13)11-15/h1-11,19-20,23-24H,12H2,(H,25,26). The van der Waals surface area contributed by atoms with E-state index in [1.54, 1.807) is 0 Å². The highest BCUT2D eigenvalue weighted by Gasteiger charge is 2.33. The Morgan fingerprint density at radius 2 is 1.73 bits per heavy atom. The summed E-state index contributed by atoms with van der Waals surface area (Å²) in [6, 6.07) is 21.9. The summed E-state index contributed by atoms with van der Waals surface area (Å²) in [5.74, 6) is -0.813. The van der Waals surface area contributed by atoms with Crippen LogP contribution >= 0.6 is 0 Å². The summed E-state index contributed by atoms with van der Waals surface area (Å²) in [5.41, 5.74) is 4.29. The van der Waals surface area contributed by atoms with Crippen molar-refractivity contribution in [1.29, 1.82) is 0 Å².